The number of carbonyl (C=O) groups is 1. The predicted molar refractivity (Wildman–Crippen MR) is 62.6 cm³/mol. The first kappa shape index (κ1) is 11.3. The van der Waals surface area contributed by atoms with Gasteiger partial charge in [0.2, 0.25) is 5.24 Å². The van der Waals surface area contributed by atoms with Crippen LogP contribution in [0, 0.1) is 5.41 Å². The molecule has 1 aliphatic rings. The van der Waals surface area contributed by atoms with Gasteiger partial charge in [0.05, 0.1) is 5.41 Å². The summed E-state index contributed by atoms with van der Waals surface area (Å²) in [6, 6.07) is 9.47. The van der Waals surface area contributed by atoms with Gasteiger partial charge in [-0.05, 0) is 24.1 Å². The van der Waals surface area contributed by atoms with Crippen molar-refractivity contribution in [3.63, 3.8) is 0 Å². The molecular weight excluding hydrogens is 254 g/mol. The summed E-state index contributed by atoms with van der Waals surface area (Å²) >= 11 is 17.7. The van der Waals surface area contributed by atoms with Crippen molar-refractivity contribution in [2.24, 2.45) is 5.41 Å². The summed E-state index contributed by atoms with van der Waals surface area (Å²) in [4.78, 5) is 11.3. The van der Waals surface area contributed by atoms with Crippen molar-refractivity contribution in [3.8, 4) is 0 Å². The molecule has 1 fully saturated rings. The molecule has 0 spiro atoms. The average molecular weight is 264 g/mol. The summed E-state index contributed by atoms with van der Waals surface area (Å²) < 4.78 is -1.09. The first-order valence-corrected chi connectivity index (χ1v) is 5.68. The molecule has 2 atom stereocenters. The van der Waals surface area contributed by atoms with Crippen molar-refractivity contribution in [1.29, 1.82) is 0 Å². The first-order valence-electron chi connectivity index (χ1n) is 4.55. The van der Waals surface area contributed by atoms with Gasteiger partial charge in [0, 0.05) is 5.92 Å². The molecule has 0 radical (unpaired) electrons. The number of carbonyl (C=O) groups excluding carboxylic acids is 1. The molecule has 0 bridgehead atoms. The molecule has 4 heteroatoms. The fourth-order valence-corrected chi connectivity index (χ4v) is 3.29. The monoisotopic (exact) mass is 262 g/mol. The van der Waals surface area contributed by atoms with E-state index >= 15 is 0 Å². The van der Waals surface area contributed by atoms with Gasteiger partial charge < -0.3 is 0 Å². The minimum absolute atomic E-state index is 0.223. The van der Waals surface area contributed by atoms with Crippen LogP contribution < -0.4 is 0 Å². The van der Waals surface area contributed by atoms with Crippen LogP contribution in [0.15, 0.2) is 30.3 Å². The Morgan fingerprint density at radius 1 is 1.27 bits per heavy atom. The standard InChI is InChI=1S/C11H9Cl3O/c1-10(9(12)15)8(11(10,13)14)7-5-3-2-4-6-7/h2-6,8H,1H3/t8-,10-/m0/s1. The summed E-state index contributed by atoms with van der Waals surface area (Å²) in [7, 11) is 0. The van der Waals surface area contributed by atoms with Gasteiger partial charge in [-0.15, -0.1) is 0 Å². The van der Waals surface area contributed by atoms with Crippen LogP contribution >= 0.6 is 34.8 Å². The van der Waals surface area contributed by atoms with Crippen LogP contribution in [-0.2, 0) is 4.79 Å². The third-order valence-corrected chi connectivity index (χ3v) is 4.70. The second-order valence-corrected chi connectivity index (χ2v) is 5.67. The summed E-state index contributed by atoms with van der Waals surface area (Å²) in [6.45, 7) is 1.69. The molecule has 1 saturated carbocycles. The van der Waals surface area contributed by atoms with E-state index in [1.807, 2.05) is 30.3 Å². The van der Waals surface area contributed by atoms with E-state index in [9.17, 15) is 4.79 Å². The van der Waals surface area contributed by atoms with Gasteiger partial charge in [-0.1, -0.05) is 53.5 Å². The minimum atomic E-state index is -1.09. The molecule has 0 heterocycles. The Morgan fingerprint density at radius 2 is 1.80 bits per heavy atom. The number of halogens is 3. The molecule has 1 aliphatic carbocycles. The van der Waals surface area contributed by atoms with Crippen LogP contribution in [0.5, 0.6) is 0 Å². The molecule has 0 amide bonds. The maximum Gasteiger partial charge on any atom is 0.231 e. The van der Waals surface area contributed by atoms with Crippen molar-refractivity contribution in [2.75, 3.05) is 0 Å². The summed E-state index contributed by atoms with van der Waals surface area (Å²) in [5.41, 5.74) is 0.0675. The van der Waals surface area contributed by atoms with Crippen molar-refractivity contribution in [2.45, 2.75) is 17.2 Å². The number of benzene rings is 1. The van der Waals surface area contributed by atoms with Crippen molar-refractivity contribution in [1.82, 2.24) is 0 Å². The van der Waals surface area contributed by atoms with E-state index in [0.717, 1.165) is 5.56 Å². The molecule has 2 rings (SSSR count). The maximum atomic E-state index is 11.3. The molecule has 1 aromatic rings. The molecule has 1 nitrogen and oxygen atoms in total. The second-order valence-electron chi connectivity index (χ2n) is 3.94. The highest BCUT2D eigenvalue weighted by Gasteiger charge is 2.77. The summed E-state index contributed by atoms with van der Waals surface area (Å²) in [5.74, 6) is -0.223. The Morgan fingerprint density at radius 3 is 2.20 bits per heavy atom. The van der Waals surface area contributed by atoms with Crippen LogP contribution in [0.2, 0.25) is 0 Å². The quantitative estimate of drug-likeness (QED) is 0.587. The lowest BCUT2D eigenvalue weighted by Crippen LogP contribution is -2.12. The second kappa shape index (κ2) is 3.38. The number of alkyl halides is 2. The number of rotatable bonds is 2. The van der Waals surface area contributed by atoms with E-state index in [1.165, 1.54) is 0 Å². The van der Waals surface area contributed by atoms with Crippen LogP contribution in [0.3, 0.4) is 0 Å². The molecule has 15 heavy (non-hydrogen) atoms. The highest BCUT2D eigenvalue weighted by Crippen LogP contribution is 2.74. The molecular formula is C11H9Cl3O. The fraction of sp³-hybridized carbons (Fsp3) is 0.364. The largest absolute Gasteiger partial charge is 0.281 e. The normalized spacial score (nSPS) is 32.4. The molecule has 80 valence electrons. The van der Waals surface area contributed by atoms with Gasteiger partial charge in [-0.3, -0.25) is 4.79 Å². The third kappa shape index (κ3) is 1.41. The predicted octanol–water partition coefficient (Wildman–Crippen LogP) is 3.73. The highest BCUT2D eigenvalue weighted by molar-refractivity contribution is 6.69. The van der Waals surface area contributed by atoms with Crippen molar-refractivity contribution < 1.29 is 4.79 Å². The maximum absolute atomic E-state index is 11.3. The topological polar surface area (TPSA) is 17.1 Å². The van der Waals surface area contributed by atoms with Crippen molar-refractivity contribution in [3.05, 3.63) is 35.9 Å². The Labute approximate surface area is 103 Å². The Balaban J connectivity index is 2.39. The Kier molecular flexibility index (Phi) is 2.53. The summed E-state index contributed by atoms with van der Waals surface area (Å²) in [5, 5.41) is -0.485. The van der Waals surface area contributed by atoms with E-state index in [-0.39, 0.29) is 5.92 Å². The highest BCUT2D eigenvalue weighted by atomic mass is 35.5. The molecule has 0 unspecified atom stereocenters. The number of hydrogen-bond donors (Lipinski definition) is 0. The molecule has 0 aliphatic heterocycles. The smallest absolute Gasteiger partial charge is 0.231 e. The van der Waals surface area contributed by atoms with E-state index in [0.29, 0.717) is 0 Å². The first-order chi connectivity index (χ1) is 6.92. The van der Waals surface area contributed by atoms with Crippen LogP contribution in [-0.4, -0.2) is 9.58 Å². The van der Waals surface area contributed by atoms with Crippen LogP contribution in [0.1, 0.15) is 18.4 Å². The molecule has 0 N–H and O–H groups in total. The van der Waals surface area contributed by atoms with Gasteiger partial charge in [0.1, 0.15) is 4.33 Å². The minimum Gasteiger partial charge on any atom is -0.281 e. The summed E-state index contributed by atoms with van der Waals surface area (Å²) in [6.07, 6.45) is 0. The van der Waals surface area contributed by atoms with E-state index in [1.54, 1.807) is 6.92 Å². The SMILES string of the molecule is C[C@@]1(C(=O)Cl)[C@H](c2ccccc2)C1(Cl)Cl. The van der Waals surface area contributed by atoms with Crippen LogP contribution in [0.25, 0.3) is 0 Å². The molecule has 0 aromatic heterocycles. The van der Waals surface area contributed by atoms with E-state index in [4.69, 9.17) is 34.8 Å². The fourth-order valence-electron chi connectivity index (χ4n) is 1.96. The van der Waals surface area contributed by atoms with Gasteiger partial charge >= 0.3 is 0 Å². The zero-order valence-electron chi connectivity index (χ0n) is 8.01. The van der Waals surface area contributed by atoms with Crippen molar-refractivity contribution >= 4 is 40.0 Å². The van der Waals surface area contributed by atoms with Gasteiger partial charge in [0.15, 0.2) is 0 Å². The molecule has 0 saturated heterocycles. The van der Waals surface area contributed by atoms with Gasteiger partial charge in [-0.25, -0.2) is 0 Å². The Hall–Kier alpha value is -0.240. The number of hydrogen-bond acceptors (Lipinski definition) is 1. The zero-order chi connectivity index (χ0) is 11.3. The lowest BCUT2D eigenvalue weighted by Gasteiger charge is -2.03. The molecule has 1 aromatic carbocycles. The van der Waals surface area contributed by atoms with Crippen LogP contribution in [0.4, 0.5) is 0 Å². The van der Waals surface area contributed by atoms with Gasteiger partial charge in [-0.2, -0.15) is 0 Å². The third-order valence-electron chi connectivity index (χ3n) is 3.09. The lowest BCUT2D eigenvalue weighted by atomic mass is 10.0. The lowest BCUT2D eigenvalue weighted by molar-refractivity contribution is -0.115. The average Bonchev–Trinajstić information content (AvgIpc) is 2.64. The van der Waals surface area contributed by atoms with E-state index < -0.39 is 15.0 Å². The van der Waals surface area contributed by atoms with E-state index in [2.05, 4.69) is 0 Å². The zero-order valence-corrected chi connectivity index (χ0v) is 10.3. The van der Waals surface area contributed by atoms with Gasteiger partial charge in [0.25, 0.3) is 0 Å². The Bertz CT molecular complexity index is 402.